The van der Waals surface area contributed by atoms with Crippen molar-refractivity contribution in [1.29, 1.82) is 0 Å². The van der Waals surface area contributed by atoms with Gasteiger partial charge in [-0.05, 0) is 60.1 Å². The summed E-state index contributed by atoms with van der Waals surface area (Å²) in [6.07, 6.45) is 4.87. The minimum Gasteiger partial charge on any atom is -0.348 e. The van der Waals surface area contributed by atoms with Crippen molar-refractivity contribution < 1.29 is 9.59 Å². The number of aryl methyl sites for hydroxylation is 1. The quantitative estimate of drug-likeness (QED) is 0.938. The van der Waals surface area contributed by atoms with Crippen LogP contribution in [0.3, 0.4) is 0 Å². The highest BCUT2D eigenvalue weighted by Crippen LogP contribution is 2.28. The van der Waals surface area contributed by atoms with Gasteiger partial charge in [-0.3, -0.25) is 9.59 Å². The lowest BCUT2D eigenvalue weighted by molar-refractivity contribution is -0.117. The van der Waals surface area contributed by atoms with Gasteiger partial charge in [0, 0.05) is 24.8 Å². The molecule has 0 saturated heterocycles. The number of nitrogens with one attached hydrogen (secondary N) is 1. The highest BCUT2D eigenvalue weighted by atomic mass is 16.2. The second-order valence-electron chi connectivity index (χ2n) is 6.93. The van der Waals surface area contributed by atoms with Crippen LogP contribution in [0.4, 0.5) is 5.69 Å². The molecule has 0 radical (unpaired) electrons. The van der Waals surface area contributed by atoms with Gasteiger partial charge in [0.05, 0.1) is 6.42 Å². The Morgan fingerprint density at radius 3 is 2.84 bits per heavy atom. The van der Waals surface area contributed by atoms with Gasteiger partial charge in [-0.1, -0.05) is 24.3 Å². The fourth-order valence-corrected chi connectivity index (χ4v) is 3.91. The summed E-state index contributed by atoms with van der Waals surface area (Å²) in [7, 11) is 1.80. The lowest BCUT2D eigenvalue weighted by Crippen LogP contribution is -2.25. The van der Waals surface area contributed by atoms with Crippen LogP contribution in [0.2, 0.25) is 0 Å². The number of fused-ring (bicyclic) bond motifs is 2. The molecule has 4 rings (SSSR count). The molecule has 1 heterocycles. The van der Waals surface area contributed by atoms with Crippen molar-refractivity contribution in [2.45, 2.75) is 38.6 Å². The molecule has 4 nitrogen and oxygen atoms in total. The van der Waals surface area contributed by atoms with Gasteiger partial charge in [0.15, 0.2) is 0 Å². The van der Waals surface area contributed by atoms with Crippen molar-refractivity contribution in [2.24, 2.45) is 0 Å². The van der Waals surface area contributed by atoms with E-state index >= 15 is 0 Å². The smallest absolute Gasteiger partial charge is 0.251 e. The highest BCUT2D eigenvalue weighted by molar-refractivity contribution is 6.01. The fraction of sp³-hybridized carbons (Fsp3) is 0.333. The molecular weight excluding hydrogens is 312 g/mol. The molecule has 1 N–H and O–H groups in total. The molecule has 1 aliphatic carbocycles. The van der Waals surface area contributed by atoms with Gasteiger partial charge in [-0.2, -0.15) is 0 Å². The summed E-state index contributed by atoms with van der Waals surface area (Å²) in [5, 5.41) is 3.04. The second-order valence-corrected chi connectivity index (χ2v) is 6.93. The van der Waals surface area contributed by atoms with E-state index < -0.39 is 0 Å². The van der Waals surface area contributed by atoms with E-state index in [4.69, 9.17) is 0 Å². The van der Waals surface area contributed by atoms with Crippen LogP contribution in [0.5, 0.6) is 0 Å². The first-order valence-corrected chi connectivity index (χ1v) is 8.91. The van der Waals surface area contributed by atoms with E-state index in [-0.39, 0.29) is 11.8 Å². The predicted octanol–water partition coefficient (Wildman–Crippen LogP) is 3.01. The van der Waals surface area contributed by atoms with Crippen LogP contribution in [0.1, 0.15) is 45.5 Å². The van der Waals surface area contributed by atoms with Gasteiger partial charge in [0.1, 0.15) is 0 Å². The van der Waals surface area contributed by atoms with Gasteiger partial charge in [0.2, 0.25) is 5.91 Å². The number of carbonyl (C=O) groups excluding carboxylic acids is 2. The van der Waals surface area contributed by atoms with Crippen molar-refractivity contribution in [3.05, 3.63) is 64.2 Å². The number of hydrogen-bond donors (Lipinski definition) is 1. The zero-order valence-electron chi connectivity index (χ0n) is 14.5. The molecule has 2 aromatic carbocycles. The minimum atomic E-state index is -0.00700. The van der Waals surface area contributed by atoms with E-state index in [0.29, 0.717) is 13.0 Å². The maximum absolute atomic E-state index is 12.7. The first kappa shape index (κ1) is 15.9. The van der Waals surface area contributed by atoms with Gasteiger partial charge in [-0.25, -0.2) is 0 Å². The normalized spacial score (nSPS) is 15.7. The summed E-state index contributed by atoms with van der Waals surface area (Å²) in [4.78, 5) is 26.1. The van der Waals surface area contributed by atoms with Crippen LogP contribution in [-0.4, -0.2) is 18.9 Å². The maximum atomic E-state index is 12.7. The number of rotatable bonds is 3. The average molecular weight is 334 g/mol. The Bertz CT molecular complexity index is 857. The molecular formula is C21H22N2O2. The Labute approximate surface area is 147 Å². The average Bonchev–Trinajstić information content (AvgIpc) is 2.93. The van der Waals surface area contributed by atoms with Crippen molar-refractivity contribution in [1.82, 2.24) is 5.32 Å². The van der Waals surface area contributed by atoms with E-state index in [1.165, 1.54) is 17.5 Å². The number of hydrogen-bond acceptors (Lipinski definition) is 2. The molecule has 0 spiro atoms. The second kappa shape index (κ2) is 6.36. The van der Waals surface area contributed by atoms with Crippen LogP contribution >= 0.6 is 0 Å². The molecule has 2 aromatic rings. The molecule has 0 unspecified atom stereocenters. The third kappa shape index (κ3) is 2.93. The Balaban J connectivity index is 1.48. The number of nitrogens with zero attached hydrogens (tertiary/aromatic N) is 1. The molecule has 1 aliphatic heterocycles. The molecule has 128 valence electrons. The number of carbonyl (C=O) groups is 2. The number of amides is 2. The standard InChI is InChI=1S/C21H22N2O2/c1-23-19-10-9-14(11-16(19)12-20(23)24)13-22-21(25)18-8-4-6-15-5-2-3-7-17(15)18/h4,6,8-11H,2-3,5,7,12-13H2,1H3,(H,22,25). The third-order valence-corrected chi connectivity index (χ3v) is 5.31. The molecule has 0 saturated carbocycles. The molecule has 0 atom stereocenters. The van der Waals surface area contributed by atoms with Crippen LogP contribution in [-0.2, 0) is 30.6 Å². The number of anilines is 1. The van der Waals surface area contributed by atoms with Crippen LogP contribution in [0.25, 0.3) is 0 Å². The fourth-order valence-electron chi connectivity index (χ4n) is 3.91. The molecule has 2 aliphatic rings. The monoisotopic (exact) mass is 334 g/mol. The van der Waals surface area contributed by atoms with Gasteiger partial charge in [-0.15, -0.1) is 0 Å². The maximum Gasteiger partial charge on any atom is 0.251 e. The molecule has 25 heavy (non-hydrogen) atoms. The molecule has 0 bridgehead atoms. The van der Waals surface area contributed by atoms with Gasteiger partial charge >= 0.3 is 0 Å². The van der Waals surface area contributed by atoms with E-state index in [1.54, 1.807) is 11.9 Å². The largest absolute Gasteiger partial charge is 0.348 e. The van der Waals surface area contributed by atoms with Gasteiger partial charge in [0.25, 0.3) is 5.91 Å². The lowest BCUT2D eigenvalue weighted by Gasteiger charge is -2.19. The van der Waals surface area contributed by atoms with Crippen molar-refractivity contribution in [2.75, 3.05) is 11.9 Å². The summed E-state index contributed by atoms with van der Waals surface area (Å²) in [5.74, 6) is 0.111. The summed E-state index contributed by atoms with van der Waals surface area (Å²) in [5.41, 5.74) is 6.38. The Kier molecular flexibility index (Phi) is 4.04. The van der Waals surface area contributed by atoms with E-state index in [2.05, 4.69) is 11.4 Å². The van der Waals surface area contributed by atoms with Gasteiger partial charge < -0.3 is 10.2 Å². The van der Waals surface area contributed by atoms with Crippen molar-refractivity contribution >= 4 is 17.5 Å². The van der Waals surface area contributed by atoms with E-state index in [9.17, 15) is 9.59 Å². The topological polar surface area (TPSA) is 49.4 Å². The minimum absolute atomic E-state index is 0.00700. The number of likely N-dealkylation sites (N-methyl/N-ethyl adjacent to an activating group) is 1. The van der Waals surface area contributed by atoms with Crippen LogP contribution in [0, 0.1) is 0 Å². The zero-order chi connectivity index (χ0) is 17.4. The van der Waals surface area contributed by atoms with Crippen LogP contribution < -0.4 is 10.2 Å². The third-order valence-electron chi connectivity index (χ3n) is 5.31. The number of benzene rings is 2. The summed E-state index contributed by atoms with van der Waals surface area (Å²) in [6.45, 7) is 0.480. The summed E-state index contributed by atoms with van der Waals surface area (Å²) < 4.78 is 0. The summed E-state index contributed by atoms with van der Waals surface area (Å²) in [6, 6.07) is 12.0. The first-order valence-electron chi connectivity index (χ1n) is 8.91. The molecule has 0 aromatic heterocycles. The van der Waals surface area contributed by atoms with E-state index in [0.717, 1.165) is 41.6 Å². The lowest BCUT2D eigenvalue weighted by atomic mass is 9.88. The van der Waals surface area contributed by atoms with Crippen molar-refractivity contribution in [3.63, 3.8) is 0 Å². The molecule has 4 heteroatoms. The first-order chi connectivity index (χ1) is 12.1. The Hall–Kier alpha value is -2.62. The molecule has 0 fully saturated rings. The SMILES string of the molecule is CN1C(=O)Cc2cc(CNC(=O)c3cccc4c3CCCC4)ccc21. The van der Waals surface area contributed by atoms with E-state index in [1.807, 2.05) is 30.3 Å². The summed E-state index contributed by atoms with van der Waals surface area (Å²) >= 11 is 0. The zero-order valence-corrected chi connectivity index (χ0v) is 14.5. The molecule has 2 amide bonds. The Morgan fingerprint density at radius 2 is 1.96 bits per heavy atom. The van der Waals surface area contributed by atoms with Crippen molar-refractivity contribution in [3.8, 4) is 0 Å². The predicted molar refractivity (Wildman–Crippen MR) is 97.8 cm³/mol. The highest BCUT2D eigenvalue weighted by Gasteiger charge is 2.24. The van der Waals surface area contributed by atoms with Crippen LogP contribution in [0.15, 0.2) is 36.4 Å². The Morgan fingerprint density at radius 1 is 1.12 bits per heavy atom.